The molecule has 0 N–H and O–H groups in total. The number of benzene rings is 3. The lowest BCUT2D eigenvalue weighted by Crippen LogP contribution is -1.87. The molecule has 0 bridgehead atoms. The van der Waals surface area contributed by atoms with E-state index in [-0.39, 0.29) is 5.88 Å². The lowest BCUT2D eigenvalue weighted by molar-refractivity contribution is 0.414. The summed E-state index contributed by atoms with van der Waals surface area (Å²) in [7, 11) is 3.24. The van der Waals surface area contributed by atoms with Crippen molar-refractivity contribution in [3.8, 4) is 40.0 Å². The van der Waals surface area contributed by atoms with Crippen LogP contribution in [0.2, 0.25) is 0 Å². The van der Waals surface area contributed by atoms with E-state index >= 15 is 0 Å². The van der Waals surface area contributed by atoms with Gasteiger partial charge in [0.05, 0.1) is 14.2 Å². The number of aliphatic imine (C=N–C) groups is 1. The van der Waals surface area contributed by atoms with Gasteiger partial charge in [0.25, 0.3) is 0 Å². The van der Waals surface area contributed by atoms with Crippen LogP contribution < -0.4 is 9.47 Å². The van der Waals surface area contributed by atoms with Gasteiger partial charge in [-0.05, 0) is 60.0 Å². The Morgan fingerprint density at radius 3 is 2.00 bits per heavy atom. The third-order valence-electron chi connectivity index (χ3n) is 5.31. The summed E-state index contributed by atoms with van der Waals surface area (Å²) >= 11 is 0. The molecule has 5 nitrogen and oxygen atoms in total. The molecule has 0 aliphatic rings. The molecule has 4 aromatic rings. The molecular formula is C29H24N2O3. The number of furan rings is 1. The van der Waals surface area contributed by atoms with Gasteiger partial charge in [0.15, 0.2) is 0 Å². The van der Waals surface area contributed by atoms with Gasteiger partial charge < -0.3 is 13.9 Å². The van der Waals surface area contributed by atoms with Gasteiger partial charge in [0.1, 0.15) is 28.9 Å². The summed E-state index contributed by atoms with van der Waals surface area (Å²) in [5.74, 6) is 2.31. The summed E-state index contributed by atoms with van der Waals surface area (Å²) in [6.45, 7) is 1.96. The molecular weight excluding hydrogens is 424 g/mol. The maximum Gasteiger partial charge on any atom is 0.238 e. The van der Waals surface area contributed by atoms with Crippen molar-refractivity contribution < 1.29 is 13.9 Å². The van der Waals surface area contributed by atoms with Crippen LogP contribution in [0.3, 0.4) is 0 Å². The molecule has 1 heterocycles. The maximum atomic E-state index is 10.1. The van der Waals surface area contributed by atoms with Crippen molar-refractivity contribution in [2.75, 3.05) is 14.2 Å². The first-order valence-electron chi connectivity index (χ1n) is 10.8. The monoisotopic (exact) mass is 448 g/mol. The van der Waals surface area contributed by atoms with Gasteiger partial charge in [-0.2, -0.15) is 5.26 Å². The zero-order valence-electron chi connectivity index (χ0n) is 19.3. The Kier molecular flexibility index (Phi) is 6.90. The van der Waals surface area contributed by atoms with Gasteiger partial charge in [0.2, 0.25) is 5.88 Å². The van der Waals surface area contributed by atoms with Crippen LogP contribution >= 0.6 is 0 Å². The van der Waals surface area contributed by atoms with Crippen molar-refractivity contribution in [3.05, 3.63) is 95.6 Å². The molecule has 4 rings (SSSR count). The summed E-state index contributed by atoms with van der Waals surface area (Å²) in [6.07, 6.45) is 3.73. The van der Waals surface area contributed by atoms with Crippen molar-refractivity contribution in [3.63, 3.8) is 0 Å². The van der Waals surface area contributed by atoms with Crippen LogP contribution in [0.15, 0.2) is 93.8 Å². The fraction of sp³-hybridized carbons (Fsp3) is 0.103. The van der Waals surface area contributed by atoms with E-state index in [0.29, 0.717) is 16.9 Å². The Morgan fingerprint density at radius 1 is 0.853 bits per heavy atom. The predicted molar refractivity (Wildman–Crippen MR) is 136 cm³/mol. The van der Waals surface area contributed by atoms with Crippen LogP contribution in [-0.4, -0.2) is 20.4 Å². The van der Waals surface area contributed by atoms with E-state index in [1.807, 2.05) is 91.9 Å². The van der Waals surface area contributed by atoms with E-state index in [1.165, 1.54) is 0 Å². The van der Waals surface area contributed by atoms with Crippen molar-refractivity contribution in [1.82, 2.24) is 0 Å². The second-order valence-corrected chi connectivity index (χ2v) is 7.61. The average Bonchev–Trinajstić information content (AvgIpc) is 3.26. The van der Waals surface area contributed by atoms with Gasteiger partial charge in [-0.1, -0.05) is 48.5 Å². The highest BCUT2D eigenvalue weighted by molar-refractivity contribution is 5.91. The topological polar surface area (TPSA) is 67.8 Å². The minimum Gasteiger partial charge on any atom is -0.497 e. The van der Waals surface area contributed by atoms with Crippen LogP contribution in [-0.2, 0) is 0 Å². The normalized spacial score (nSPS) is 11.4. The molecule has 0 fully saturated rings. The molecule has 168 valence electrons. The van der Waals surface area contributed by atoms with E-state index in [4.69, 9.17) is 13.9 Å². The standard InChI is InChI=1S/C29H24N2O3/c1-20(17-21-7-5-4-6-8-21)19-31-29-26(18-30)27(22-9-13-24(32-2)14-10-22)28(34-29)23-11-15-25(33-3)16-12-23/h4-17,19H,1-3H3/b20-17+,31-19+. The van der Waals surface area contributed by atoms with Crippen molar-refractivity contribution in [2.45, 2.75) is 6.92 Å². The first-order chi connectivity index (χ1) is 16.6. The fourth-order valence-corrected chi connectivity index (χ4v) is 3.60. The van der Waals surface area contributed by atoms with Crippen molar-refractivity contribution >= 4 is 18.2 Å². The van der Waals surface area contributed by atoms with Gasteiger partial charge in [-0.3, -0.25) is 0 Å². The van der Waals surface area contributed by atoms with Gasteiger partial charge >= 0.3 is 0 Å². The van der Waals surface area contributed by atoms with E-state index in [0.717, 1.165) is 33.8 Å². The number of allylic oxidation sites excluding steroid dienone is 1. The highest BCUT2D eigenvalue weighted by Gasteiger charge is 2.23. The molecule has 0 aliphatic heterocycles. The van der Waals surface area contributed by atoms with E-state index in [9.17, 15) is 5.26 Å². The summed E-state index contributed by atoms with van der Waals surface area (Å²) < 4.78 is 16.8. The molecule has 0 saturated carbocycles. The highest BCUT2D eigenvalue weighted by Crippen LogP contribution is 2.43. The van der Waals surface area contributed by atoms with E-state index in [1.54, 1.807) is 20.4 Å². The minimum absolute atomic E-state index is 0.264. The number of hydrogen-bond donors (Lipinski definition) is 0. The molecule has 5 heteroatoms. The van der Waals surface area contributed by atoms with Crippen LogP contribution in [0, 0.1) is 11.3 Å². The lowest BCUT2D eigenvalue weighted by Gasteiger charge is -2.06. The second kappa shape index (κ2) is 10.4. The Hall–Kier alpha value is -4.56. The largest absolute Gasteiger partial charge is 0.497 e. The molecule has 0 spiro atoms. The summed E-state index contributed by atoms with van der Waals surface area (Å²) in [5, 5.41) is 10.1. The Labute approximate surface area is 199 Å². The SMILES string of the molecule is COc1ccc(-c2oc(/N=C/C(C)=C/c3ccccc3)c(C#N)c2-c2ccc(OC)cc2)cc1. The van der Waals surface area contributed by atoms with Crippen LogP contribution in [0.4, 0.5) is 5.88 Å². The molecule has 0 unspecified atom stereocenters. The number of nitriles is 1. The van der Waals surface area contributed by atoms with Gasteiger partial charge in [-0.25, -0.2) is 4.99 Å². The van der Waals surface area contributed by atoms with Crippen LogP contribution in [0.1, 0.15) is 18.1 Å². The van der Waals surface area contributed by atoms with Gasteiger partial charge in [-0.15, -0.1) is 0 Å². The third-order valence-corrected chi connectivity index (χ3v) is 5.31. The molecule has 34 heavy (non-hydrogen) atoms. The highest BCUT2D eigenvalue weighted by atomic mass is 16.5. The Bertz CT molecular complexity index is 1360. The Balaban J connectivity index is 1.81. The molecule has 1 aromatic heterocycles. The van der Waals surface area contributed by atoms with E-state index < -0.39 is 0 Å². The number of methoxy groups -OCH3 is 2. The van der Waals surface area contributed by atoms with Gasteiger partial charge in [0, 0.05) is 17.3 Å². The predicted octanol–water partition coefficient (Wildman–Crippen LogP) is 7.31. The average molecular weight is 449 g/mol. The fourth-order valence-electron chi connectivity index (χ4n) is 3.60. The molecule has 0 radical (unpaired) electrons. The number of hydrogen-bond acceptors (Lipinski definition) is 5. The van der Waals surface area contributed by atoms with E-state index in [2.05, 4.69) is 11.1 Å². The minimum atomic E-state index is 0.264. The zero-order chi connectivity index (χ0) is 23.9. The van der Waals surface area contributed by atoms with Crippen molar-refractivity contribution in [1.29, 1.82) is 5.26 Å². The lowest BCUT2D eigenvalue weighted by atomic mass is 9.98. The number of rotatable bonds is 7. The summed E-state index contributed by atoms with van der Waals surface area (Å²) in [4.78, 5) is 4.54. The first-order valence-corrected chi connectivity index (χ1v) is 10.8. The second-order valence-electron chi connectivity index (χ2n) is 7.61. The number of nitrogens with zero attached hydrogens (tertiary/aromatic N) is 2. The smallest absolute Gasteiger partial charge is 0.238 e. The molecule has 3 aromatic carbocycles. The Morgan fingerprint density at radius 2 is 1.44 bits per heavy atom. The van der Waals surface area contributed by atoms with Crippen molar-refractivity contribution in [2.24, 2.45) is 4.99 Å². The summed E-state index contributed by atoms with van der Waals surface area (Å²) in [6, 6.07) is 27.3. The zero-order valence-corrected chi connectivity index (χ0v) is 19.3. The molecule has 0 atom stereocenters. The quantitative estimate of drug-likeness (QED) is 0.278. The third kappa shape index (κ3) is 4.92. The summed E-state index contributed by atoms with van der Waals surface area (Å²) in [5.41, 5.74) is 4.73. The maximum absolute atomic E-state index is 10.1. The number of ether oxygens (including phenoxy) is 2. The van der Waals surface area contributed by atoms with Crippen LogP contribution in [0.25, 0.3) is 28.5 Å². The molecule has 0 aliphatic carbocycles. The molecule has 0 amide bonds. The first kappa shape index (κ1) is 22.6. The van der Waals surface area contributed by atoms with Crippen LogP contribution in [0.5, 0.6) is 11.5 Å². The molecule has 0 saturated heterocycles.